The summed E-state index contributed by atoms with van der Waals surface area (Å²) >= 11 is 5.96. The second-order valence-corrected chi connectivity index (χ2v) is 5.75. The highest BCUT2D eigenvalue weighted by Crippen LogP contribution is 2.33. The molecular weight excluding hydrogens is 270 g/mol. The molecule has 1 aliphatic carbocycles. The lowest BCUT2D eigenvalue weighted by Crippen LogP contribution is -2.20. The maximum atomic E-state index is 12.8. The normalized spacial score (nSPS) is 17.6. The number of pyridine rings is 1. The Bertz CT molecular complexity index is 666. The zero-order chi connectivity index (χ0) is 14.1. The second-order valence-electron chi connectivity index (χ2n) is 5.32. The highest BCUT2D eigenvalue weighted by molar-refractivity contribution is 6.30. The Kier molecular flexibility index (Phi) is 3.58. The van der Waals surface area contributed by atoms with E-state index in [4.69, 9.17) is 11.6 Å². The Morgan fingerprint density at radius 1 is 1.35 bits per heavy atom. The van der Waals surface area contributed by atoms with Gasteiger partial charge in [-0.2, -0.15) is 0 Å². The van der Waals surface area contributed by atoms with Crippen LogP contribution in [-0.4, -0.2) is 10.8 Å². The van der Waals surface area contributed by atoms with E-state index in [9.17, 15) is 4.79 Å². The number of aryl methyl sites for hydroxylation is 2. The third-order valence-corrected chi connectivity index (χ3v) is 4.20. The van der Waals surface area contributed by atoms with Gasteiger partial charge in [0.25, 0.3) is 0 Å². The lowest BCUT2D eigenvalue weighted by Gasteiger charge is -2.23. The van der Waals surface area contributed by atoms with Gasteiger partial charge in [-0.1, -0.05) is 17.7 Å². The van der Waals surface area contributed by atoms with Crippen LogP contribution in [0.15, 0.2) is 36.5 Å². The van der Waals surface area contributed by atoms with Crippen LogP contribution < -0.4 is 0 Å². The van der Waals surface area contributed by atoms with Crippen LogP contribution >= 0.6 is 11.6 Å². The Morgan fingerprint density at radius 2 is 2.20 bits per heavy atom. The average molecular weight is 286 g/mol. The first kappa shape index (κ1) is 13.3. The minimum Gasteiger partial charge on any atom is -0.293 e. The number of benzene rings is 1. The molecule has 3 rings (SSSR count). The van der Waals surface area contributed by atoms with Gasteiger partial charge in [0, 0.05) is 16.8 Å². The Balaban J connectivity index is 2.00. The zero-order valence-electron chi connectivity index (χ0n) is 11.4. The predicted molar refractivity (Wildman–Crippen MR) is 80.4 cm³/mol. The Morgan fingerprint density at radius 3 is 3.00 bits per heavy atom. The number of fused-ring (bicyclic) bond motifs is 1. The molecule has 0 spiro atoms. The lowest BCUT2D eigenvalue weighted by atomic mass is 9.81. The molecule has 0 saturated heterocycles. The molecule has 1 aliphatic rings. The minimum absolute atomic E-state index is 0.111. The first-order valence-corrected chi connectivity index (χ1v) is 7.29. The van der Waals surface area contributed by atoms with Gasteiger partial charge in [-0.3, -0.25) is 9.78 Å². The number of ketones is 1. The van der Waals surface area contributed by atoms with Crippen molar-refractivity contribution in [1.29, 1.82) is 0 Å². The highest BCUT2D eigenvalue weighted by atomic mass is 35.5. The van der Waals surface area contributed by atoms with Crippen molar-refractivity contribution in [2.45, 2.75) is 32.1 Å². The van der Waals surface area contributed by atoms with E-state index in [1.54, 1.807) is 12.3 Å². The summed E-state index contributed by atoms with van der Waals surface area (Å²) in [4.78, 5) is 17.3. The van der Waals surface area contributed by atoms with Crippen molar-refractivity contribution in [2.75, 3.05) is 0 Å². The molecule has 0 saturated carbocycles. The molecule has 0 bridgehead atoms. The standard InChI is InChI=1S/C17H16ClNO/c1-11-10-13(18)7-8-14(11)17(20)15-6-2-4-12-5-3-9-19-16(12)15/h3,5,7-10,15H,2,4,6H2,1H3. The average Bonchev–Trinajstić information content (AvgIpc) is 2.46. The lowest BCUT2D eigenvalue weighted by molar-refractivity contribution is 0.0948. The molecule has 20 heavy (non-hydrogen) atoms. The van der Waals surface area contributed by atoms with E-state index in [0.717, 1.165) is 36.1 Å². The number of hydrogen-bond acceptors (Lipinski definition) is 2. The topological polar surface area (TPSA) is 30.0 Å². The smallest absolute Gasteiger partial charge is 0.172 e. The summed E-state index contributed by atoms with van der Waals surface area (Å²) < 4.78 is 0. The molecule has 0 fully saturated rings. The molecule has 0 N–H and O–H groups in total. The van der Waals surface area contributed by atoms with Crippen molar-refractivity contribution in [1.82, 2.24) is 4.98 Å². The number of hydrogen-bond donors (Lipinski definition) is 0. The maximum absolute atomic E-state index is 12.8. The van der Waals surface area contributed by atoms with E-state index in [0.29, 0.717) is 5.02 Å². The fourth-order valence-electron chi connectivity index (χ4n) is 2.96. The molecule has 1 aromatic heterocycles. The van der Waals surface area contributed by atoms with Crippen LogP contribution in [-0.2, 0) is 6.42 Å². The largest absolute Gasteiger partial charge is 0.293 e. The molecule has 2 aromatic rings. The molecule has 1 unspecified atom stereocenters. The second kappa shape index (κ2) is 5.37. The number of rotatable bonds is 2. The zero-order valence-corrected chi connectivity index (χ0v) is 12.2. The van der Waals surface area contributed by atoms with Gasteiger partial charge in [0.2, 0.25) is 0 Å². The number of nitrogens with zero attached hydrogens (tertiary/aromatic N) is 1. The van der Waals surface area contributed by atoms with Crippen LogP contribution in [0, 0.1) is 6.92 Å². The number of carbonyl (C=O) groups is 1. The van der Waals surface area contributed by atoms with Crippen molar-refractivity contribution in [3.8, 4) is 0 Å². The van der Waals surface area contributed by atoms with Crippen LogP contribution in [0.4, 0.5) is 0 Å². The first-order chi connectivity index (χ1) is 9.66. The summed E-state index contributed by atoms with van der Waals surface area (Å²) in [5.41, 5.74) is 3.87. The first-order valence-electron chi connectivity index (χ1n) is 6.91. The fourth-order valence-corrected chi connectivity index (χ4v) is 3.18. The van der Waals surface area contributed by atoms with Crippen LogP contribution in [0.5, 0.6) is 0 Å². The van der Waals surface area contributed by atoms with Crippen LogP contribution in [0.2, 0.25) is 5.02 Å². The van der Waals surface area contributed by atoms with Crippen molar-refractivity contribution < 1.29 is 4.79 Å². The molecule has 3 heteroatoms. The number of Topliss-reactive ketones (excluding diaryl/α,β-unsaturated/α-hetero) is 1. The highest BCUT2D eigenvalue weighted by Gasteiger charge is 2.29. The van der Waals surface area contributed by atoms with E-state index >= 15 is 0 Å². The summed E-state index contributed by atoms with van der Waals surface area (Å²) in [6.45, 7) is 1.93. The minimum atomic E-state index is -0.111. The molecular formula is C17H16ClNO. The van der Waals surface area contributed by atoms with Crippen molar-refractivity contribution >= 4 is 17.4 Å². The van der Waals surface area contributed by atoms with Gasteiger partial charge in [-0.15, -0.1) is 0 Å². The van der Waals surface area contributed by atoms with Crippen LogP contribution in [0.3, 0.4) is 0 Å². The van der Waals surface area contributed by atoms with Gasteiger partial charge >= 0.3 is 0 Å². The summed E-state index contributed by atoms with van der Waals surface area (Å²) in [5.74, 6) is 0.0543. The molecule has 102 valence electrons. The number of carbonyl (C=O) groups excluding carboxylic acids is 1. The predicted octanol–water partition coefficient (Wildman–Crippen LogP) is 4.35. The molecule has 1 heterocycles. The molecule has 2 nitrogen and oxygen atoms in total. The van der Waals surface area contributed by atoms with E-state index in [1.165, 1.54) is 5.56 Å². The Hall–Kier alpha value is -1.67. The van der Waals surface area contributed by atoms with Crippen LogP contribution in [0.25, 0.3) is 0 Å². The Labute approximate surface area is 123 Å². The molecule has 0 aliphatic heterocycles. The van der Waals surface area contributed by atoms with Gasteiger partial charge in [0.05, 0.1) is 11.6 Å². The van der Waals surface area contributed by atoms with Crippen molar-refractivity contribution in [3.05, 3.63) is 63.9 Å². The SMILES string of the molecule is Cc1cc(Cl)ccc1C(=O)C1CCCc2cccnc21. The monoisotopic (exact) mass is 285 g/mol. The molecule has 1 atom stereocenters. The summed E-state index contributed by atoms with van der Waals surface area (Å²) in [6.07, 6.45) is 4.72. The number of aromatic nitrogens is 1. The summed E-state index contributed by atoms with van der Waals surface area (Å²) in [5, 5.41) is 0.668. The molecule has 0 amide bonds. The summed E-state index contributed by atoms with van der Waals surface area (Å²) in [7, 11) is 0. The van der Waals surface area contributed by atoms with Crippen molar-refractivity contribution in [3.63, 3.8) is 0 Å². The molecule has 1 aromatic carbocycles. The fraction of sp³-hybridized carbons (Fsp3) is 0.294. The maximum Gasteiger partial charge on any atom is 0.172 e. The quantitative estimate of drug-likeness (QED) is 0.768. The van der Waals surface area contributed by atoms with Gasteiger partial charge in [-0.05, 0) is 61.6 Å². The molecule has 0 radical (unpaired) electrons. The van der Waals surface area contributed by atoms with Gasteiger partial charge in [0.1, 0.15) is 0 Å². The van der Waals surface area contributed by atoms with E-state index < -0.39 is 0 Å². The number of halogens is 1. The summed E-state index contributed by atoms with van der Waals surface area (Å²) in [6, 6.07) is 9.48. The van der Waals surface area contributed by atoms with Gasteiger partial charge in [0.15, 0.2) is 5.78 Å². The van der Waals surface area contributed by atoms with E-state index in [2.05, 4.69) is 11.1 Å². The van der Waals surface area contributed by atoms with Gasteiger partial charge in [-0.25, -0.2) is 0 Å². The van der Waals surface area contributed by atoms with E-state index in [-0.39, 0.29) is 11.7 Å². The van der Waals surface area contributed by atoms with Gasteiger partial charge < -0.3 is 0 Å². The van der Waals surface area contributed by atoms with Crippen LogP contribution in [0.1, 0.15) is 45.9 Å². The van der Waals surface area contributed by atoms with Crippen molar-refractivity contribution in [2.24, 2.45) is 0 Å². The third-order valence-electron chi connectivity index (χ3n) is 3.97. The van der Waals surface area contributed by atoms with E-state index in [1.807, 2.05) is 25.1 Å². The third kappa shape index (κ3) is 2.36.